The number of hydrogen-bond acceptors (Lipinski definition) is 1. The first-order valence-electron chi connectivity index (χ1n) is 5.51. The van der Waals surface area contributed by atoms with Gasteiger partial charge < -0.3 is 10.5 Å². The third-order valence-corrected chi connectivity index (χ3v) is 5.79. The van der Waals surface area contributed by atoms with Gasteiger partial charge in [0.05, 0.1) is 6.61 Å². The summed E-state index contributed by atoms with van der Waals surface area (Å²) in [5.74, 6) is 0.924. The molecular weight excluding hydrogens is 162 g/mol. The zero-order valence-electron chi connectivity index (χ0n) is 8.73. The van der Waals surface area contributed by atoms with Crippen molar-refractivity contribution in [2.75, 3.05) is 13.2 Å². The first-order valence-corrected chi connectivity index (χ1v) is 5.51. The molecule has 0 amide bonds. The van der Waals surface area contributed by atoms with E-state index < -0.39 is 0 Å². The number of hydrogen-bond donors (Lipinski definition) is 1. The first-order chi connectivity index (χ1) is 6.08. The van der Waals surface area contributed by atoms with Crippen molar-refractivity contribution >= 4 is 0 Å². The van der Waals surface area contributed by atoms with Crippen LogP contribution in [0.1, 0.15) is 33.1 Å². The lowest BCUT2D eigenvalue weighted by molar-refractivity contribution is -0.409. The van der Waals surface area contributed by atoms with E-state index >= 15 is 0 Å². The SMILES string of the molecule is C[C@]12CC[C@@H]3C[C@@]1(C[NH3+])OC[C@@]32C. The Kier molecular flexibility index (Phi) is 1.24. The predicted octanol–water partition coefficient (Wildman–Crippen LogP) is 0.824. The van der Waals surface area contributed by atoms with Crippen LogP contribution in [0.2, 0.25) is 0 Å². The molecule has 0 aromatic carbocycles. The smallest absolute Gasteiger partial charge is 0.123 e. The number of rotatable bonds is 1. The Morgan fingerprint density at radius 1 is 1.46 bits per heavy atom. The highest BCUT2D eigenvalue weighted by Crippen LogP contribution is 2.74. The van der Waals surface area contributed by atoms with E-state index in [0.717, 1.165) is 19.1 Å². The molecule has 1 heterocycles. The van der Waals surface area contributed by atoms with Gasteiger partial charge >= 0.3 is 0 Å². The molecule has 0 radical (unpaired) electrons. The highest BCUT2D eigenvalue weighted by molar-refractivity contribution is 5.23. The maximum atomic E-state index is 6.07. The van der Waals surface area contributed by atoms with Crippen molar-refractivity contribution in [2.24, 2.45) is 16.7 Å². The molecule has 2 heteroatoms. The molecule has 0 unspecified atom stereocenters. The molecule has 1 aliphatic heterocycles. The van der Waals surface area contributed by atoms with E-state index in [2.05, 4.69) is 19.6 Å². The fourth-order valence-electron chi connectivity index (χ4n) is 4.45. The van der Waals surface area contributed by atoms with E-state index in [9.17, 15) is 0 Å². The van der Waals surface area contributed by atoms with Crippen LogP contribution >= 0.6 is 0 Å². The van der Waals surface area contributed by atoms with Gasteiger partial charge in [0.1, 0.15) is 12.1 Å². The third kappa shape index (κ3) is 0.581. The maximum Gasteiger partial charge on any atom is 0.123 e. The molecule has 13 heavy (non-hydrogen) atoms. The molecule has 74 valence electrons. The molecule has 4 bridgehead atoms. The molecular formula is C11H20NO+. The molecule has 0 spiro atoms. The van der Waals surface area contributed by atoms with Crippen molar-refractivity contribution in [1.82, 2.24) is 0 Å². The zero-order valence-corrected chi connectivity index (χ0v) is 8.73. The van der Waals surface area contributed by atoms with E-state index in [1.807, 2.05) is 0 Å². The average molecular weight is 182 g/mol. The van der Waals surface area contributed by atoms with Crippen molar-refractivity contribution < 1.29 is 10.5 Å². The minimum Gasteiger partial charge on any atom is -0.368 e. The van der Waals surface area contributed by atoms with Crippen LogP contribution in [-0.4, -0.2) is 18.8 Å². The molecule has 1 saturated heterocycles. The first kappa shape index (κ1) is 8.25. The van der Waals surface area contributed by atoms with Gasteiger partial charge in [0.25, 0.3) is 0 Å². The molecule has 0 aromatic heterocycles. The monoisotopic (exact) mass is 182 g/mol. The van der Waals surface area contributed by atoms with Crippen LogP contribution in [0.4, 0.5) is 0 Å². The second kappa shape index (κ2) is 1.96. The zero-order chi connectivity index (χ0) is 9.32. The van der Waals surface area contributed by atoms with Crippen LogP contribution in [0.5, 0.6) is 0 Å². The summed E-state index contributed by atoms with van der Waals surface area (Å²) in [6, 6.07) is 0. The summed E-state index contributed by atoms with van der Waals surface area (Å²) in [5, 5.41) is 0. The van der Waals surface area contributed by atoms with Gasteiger partial charge in [-0.15, -0.1) is 0 Å². The fraction of sp³-hybridized carbons (Fsp3) is 1.00. The maximum absolute atomic E-state index is 6.07. The predicted molar refractivity (Wildman–Crippen MR) is 50.0 cm³/mol. The van der Waals surface area contributed by atoms with Gasteiger partial charge in [0, 0.05) is 10.8 Å². The van der Waals surface area contributed by atoms with Gasteiger partial charge in [-0.25, -0.2) is 0 Å². The third-order valence-electron chi connectivity index (χ3n) is 5.79. The van der Waals surface area contributed by atoms with Crippen LogP contribution in [-0.2, 0) is 4.74 Å². The molecule has 0 aromatic rings. The second-order valence-electron chi connectivity index (χ2n) is 5.72. The largest absolute Gasteiger partial charge is 0.368 e. The number of ether oxygens (including phenoxy) is 1. The molecule has 3 aliphatic rings. The van der Waals surface area contributed by atoms with E-state index in [4.69, 9.17) is 4.74 Å². The molecule has 3 N–H and O–H groups in total. The summed E-state index contributed by atoms with van der Waals surface area (Å²) in [6.45, 7) is 6.84. The van der Waals surface area contributed by atoms with Crippen LogP contribution in [0.15, 0.2) is 0 Å². The molecule has 2 saturated carbocycles. The highest BCUT2D eigenvalue weighted by Gasteiger charge is 2.76. The normalized spacial score (nSPS) is 63.5. The topological polar surface area (TPSA) is 36.9 Å². The summed E-state index contributed by atoms with van der Waals surface area (Å²) in [5.41, 5.74) is 5.18. The van der Waals surface area contributed by atoms with Crippen molar-refractivity contribution in [3.8, 4) is 0 Å². The van der Waals surface area contributed by atoms with Crippen molar-refractivity contribution in [1.29, 1.82) is 0 Å². The lowest BCUT2D eigenvalue weighted by atomic mass is 9.66. The molecule has 3 fully saturated rings. The second-order valence-corrected chi connectivity index (χ2v) is 5.72. The van der Waals surface area contributed by atoms with E-state index in [1.54, 1.807) is 0 Å². The van der Waals surface area contributed by atoms with E-state index in [1.165, 1.54) is 19.3 Å². The summed E-state index contributed by atoms with van der Waals surface area (Å²) >= 11 is 0. The summed E-state index contributed by atoms with van der Waals surface area (Å²) < 4.78 is 6.07. The van der Waals surface area contributed by atoms with Gasteiger partial charge in [0.2, 0.25) is 0 Å². The van der Waals surface area contributed by atoms with Crippen molar-refractivity contribution in [2.45, 2.75) is 38.7 Å². The fourth-order valence-corrected chi connectivity index (χ4v) is 4.45. The van der Waals surface area contributed by atoms with Crippen LogP contribution in [0, 0.1) is 16.7 Å². The number of quaternary nitrogens is 1. The van der Waals surface area contributed by atoms with Crippen molar-refractivity contribution in [3.05, 3.63) is 0 Å². The minimum absolute atomic E-state index is 0.157. The van der Waals surface area contributed by atoms with Crippen LogP contribution in [0.25, 0.3) is 0 Å². The summed E-state index contributed by atoms with van der Waals surface area (Å²) in [6.07, 6.45) is 4.07. The van der Waals surface area contributed by atoms with Crippen molar-refractivity contribution in [3.63, 3.8) is 0 Å². The highest BCUT2D eigenvalue weighted by atomic mass is 16.5. The molecule has 3 rings (SSSR count). The average Bonchev–Trinajstić information content (AvgIpc) is 2.58. The molecule has 4 atom stereocenters. The standard InChI is InChI=1S/C11H19NO/c1-9-7-13-11(6-12)5-8(9)3-4-10(9,11)2/h8H,3-7,12H2,1-2H3/p+1/t8-,9+,10-,11+/m1/s1. The molecule has 2 nitrogen and oxygen atoms in total. The molecule has 2 aliphatic carbocycles. The van der Waals surface area contributed by atoms with Crippen LogP contribution < -0.4 is 5.73 Å². The summed E-state index contributed by atoms with van der Waals surface area (Å²) in [7, 11) is 0. The van der Waals surface area contributed by atoms with Gasteiger partial charge in [-0.2, -0.15) is 0 Å². The van der Waals surface area contributed by atoms with E-state index in [-0.39, 0.29) is 5.60 Å². The lowest BCUT2D eigenvalue weighted by Crippen LogP contribution is -2.65. The van der Waals surface area contributed by atoms with E-state index in [0.29, 0.717) is 10.8 Å². The Bertz CT molecular complexity index is 267. The lowest BCUT2D eigenvalue weighted by Gasteiger charge is -2.38. The Balaban J connectivity index is 2.14. The Labute approximate surface area is 79.8 Å². The van der Waals surface area contributed by atoms with Gasteiger partial charge in [0.15, 0.2) is 0 Å². The van der Waals surface area contributed by atoms with Gasteiger partial charge in [-0.1, -0.05) is 13.8 Å². The Morgan fingerprint density at radius 3 is 2.69 bits per heavy atom. The minimum atomic E-state index is 0.157. The Hall–Kier alpha value is -0.0800. The summed E-state index contributed by atoms with van der Waals surface area (Å²) in [4.78, 5) is 0. The van der Waals surface area contributed by atoms with Crippen LogP contribution in [0.3, 0.4) is 0 Å². The van der Waals surface area contributed by atoms with Gasteiger partial charge in [-0.05, 0) is 25.2 Å². The quantitative estimate of drug-likeness (QED) is 0.640. The Morgan fingerprint density at radius 2 is 2.23 bits per heavy atom. The van der Waals surface area contributed by atoms with Gasteiger partial charge in [-0.3, -0.25) is 0 Å².